The smallest absolute Gasteiger partial charge is 0.191 e. The lowest BCUT2D eigenvalue weighted by Crippen LogP contribution is -2.56. The van der Waals surface area contributed by atoms with Gasteiger partial charge in [-0.25, -0.2) is 9.98 Å². The van der Waals surface area contributed by atoms with Crippen LogP contribution in [0.1, 0.15) is 51.2 Å². The molecule has 1 aliphatic rings. The molecule has 26 heavy (non-hydrogen) atoms. The SMILES string of the molecule is CCNC(=NCc1nc(C(C)C)cs1)NCC(C)(C)N1CCOCC1.I. The van der Waals surface area contributed by atoms with Gasteiger partial charge in [0, 0.05) is 37.1 Å². The first-order valence-electron chi connectivity index (χ1n) is 9.21. The number of guanidine groups is 1. The quantitative estimate of drug-likeness (QED) is 0.346. The number of ether oxygens (including phenoxy) is 1. The van der Waals surface area contributed by atoms with Gasteiger partial charge in [0.15, 0.2) is 5.96 Å². The van der Waals surface area contributed by atoms with E-state index < -0.39 is 0 Å². The molecule has 6 nitrogen and oxygen atoms in total. The van der Waals surface area contributed by atoms with Gasteiger partial charge in [-0.1, -0.05) is 13.8 Å². The fourth-order valence-electron chi connectivity index (χ4n) is 2.73. The molecule has 2 heterocycles. The first-order chi connectivity index (χ1) is 11.9. The van der Waals surface area contributed by atoms with Crippen molar-refractivity contribution in [3.8, 4) is 0 Å². The summed E-state index contributed by atoms with van der Waals surface area (Å²) in [6.07, 6.45) is 0. The van der Waals surface area contributed by atoms with E-state index in [0.717, 1.165) is 56.1 Å². The molecule has 0 spiro atoms. The molecule has 1 aromatic rings. The number of thiazole rings is 1. The first-order valence-corrected chi connectivity index (χ1v) is 10.1. The maximum atomic E-state index is 5.46. The predicted molar refractivity (Wildman–Crippen MR) is 121 cm³/mol. The van der Waals surface area contributed by atoms with Crippen molar-refractivity contribution in [1.82, 2.24) is 20.5 Å². The second kappa shape index (κ2) is 11.4. The molecule has 0 unspecified atom stereocenters. The Labute approximate surface area is 179 Å². The topological polar surface area (TPSA) is 61.8 Å². The number of morpholine rings is 1. The number of nitrogens with zero attached hydrogens (tertiary/aromatic N) is 3. The van der Waals surface area contributed by atoms with Gasteiger partial charge in [-0.05, 0) is 26.7 Å². The molecular weight excluding hydrogens is 461 g/mol. The van der Waals surface area contributed by atoms with Crippen LogP contribution in [-0.4, -0.2) is 60.8 Å². The highest BCUT2D eigenvalue weighted by atomic mass is 127. The molecule has 150 valence electrons. The van der Waals surface area contributed by atoms with Gasteiger partial charge in [-0.3, -0.25) is 4.90 Å². The van der Waals surface area contributed by atoms with Gasteiger partial charge in [0.25, 0.3) is 0 Å². The Balaban J connectivity index is 0.00000338. The van der Waals surface area contributed by atoms with Crippen molar-refractivity contribution in [2.75, 3.05) is 39.4 Å². The summed E-state index contributed by atoms with van der Waals surface area (Å²) in [5, 5.41) is 10.0. The van der Waals surface area contributed by atoms with E-state index in [1.807, 2.05) is 0 Å². The minimum atomic E-state index is 0. The van der Waals surface area contributed by atoms with E-state index in [1.54, 1.807) is 11.3 Å². The summed E-state index contributed by atoms with van der Waals surface area (Å²) in [5.74, 6) is 1.32. The molecule has 1 fully saturated rings. The minimum Gasteiger partial charge on any atom is -0.379 e. The van der Waals surface area contributed by atoms with Crippen LogP contribution in [0.3, 0.4) is 0 Å². The first kappa shape index (κ1) is 23.6. The average Bonchev–Trinajstić information content (AvgIpc) is 3.07. The van der Waals surface area contributed by atoms with Crippen molar-refractivity contribution in [3.63, 3.8) is 0 Å². The molecule has 1 aliphatic heterocycles. The average molecular weight is 495 g/mol. The Morgan fingerprint density at radius 3 is 2.62 bits per heavy atom. The number of hydrogen-bond acceptors (Lipinski definition) is 5. The Morgan fingerprint density at radius 2 is 2.04 bits per heavy atom. The van der Waals surface area contributed by atoms with Crippen LogP contribution in [0.15, 0.2) is 10.4 Å². The van der Waals surface area contributed by atoms with Crippen LogP contribution >= 0.6 is 35.3 Å². The molecule has 2 rings (SSSR count). The third kappa shape index (κ3) is 7.28. The normalized spacial score (nSPS) is 16.5. The highest BCUT2D eigenvalue weighted by Crippen LogP contribution is 2.18. The number of rotatable bonds is 7. The standard InChI is InChI=1S/C18H33N5OS.HI/c1-6-19-17(20-11-16-22-15(12-25-16)14(2)3)21-13-18(4,5)23-7-9-24-10-8-23;/h12,14H,6-11,13H2,1-5H3,(H2,19,20,21);1H. The van der Waals surface area contributed by atoms with E-state index in [0.29, 0.717) is 12.5 Å². The largest absolute Gasteiger partial charge is 0.379 e. The molecule has 8 heteroatoms. The molecule has 0 aromatic carbocycles. The van der Waals surface area contributed by atoms with E-state index in [-0.39, 0.29) is 29.5 Å². The summed E-state index contributed by atoms with van der Waals surface area (Å²) in [7, 11) is 0. The van der Waals surface area contributed by atoms with Crippen LogP contribution in [0.25, 0.3) is 0 Å². The number of hydrogen-bond donors (Lipinski definition) is 2. The highest BCUT2D eigenvalue weighted by molar-refractivity contribution is 14.0. The van der Waals surface area contributed by atoms with Gasteiger partial charge in [0.2, 0.25) is 0 Å². The van der Waals surface area contributed by atoms with Crippen LogP contribution in [0, 0.1) is 0 Å². The molecule has 2 N–H and O–H groups in total. The van der Waals surface area contributed by atoms with Crippen LogP contribution in [-0.2, 0) is 11.3 Å². The van der Waals surface area contributed by atoms with Crippen molar-refractivity contribution >= 4 is 41.3 Å². The highest BCUT2D eigenvalue weighted by Gasteiger charge is 2.28. The lowest BCUT2D eigenvalue weighted by atomic mass is 10.0. The summed E-state index contributed by atoms with van der Waals surface area (Å²) < 4.78 is 5.46. The third-order valence-corrected chi connectivity index (χ3v) is 5.29. The molecule has 1 aromatic heterocycles. The van der Waals surface area contributed by atoms with Crippen LogP contribution < -0.4 is 10.6 Å². The van der Waals surface area contributed by atoms with Crippen molar-refractivity contribution in [2.45, 2.75) is 52.6 Å². The van der Waals surface area contributed by atoms with E-state index in [4.69, 9.17) is 9.73 Å². The summed E-state index contributed by atoms with van der Waals surface area (Å²) in [5.41, 5.74) is 1.22. The van der Waals surface area contributed by atoms with E-state index in [9.17, 15) is 0 Å². The van der Waals surface area contributed by atoms with E-state index in [2.05, 4.69) is 60.5 Å². The Bertz CT molecular complexity index is 556. The number of aliphatic imine (C=N–C) groups is 1. The molecule has 0 saturated carbocycles. The fraction of sp³-hybridized carbons (Fsp3) is 0.778. The van der Waals surface area contributed by atoms with Gasteiger partial charge >= 0.3 is 0 Å². The van der Waals surface area contributed by atoms with E-state index >= 15 is 0 Å². The summed E-state index contributed by atoms with van der Waals surface area (Å²) >= 11 is 1.69. The Morgan fingerprint density at radius 1 is 1.35 bits per heavy atom. The molecule has 0 amide bonds. The monoisotopic (exact) mass is 495 g/mol. The zero-order chi connectivity index (χ0) is 18.3. The molecule has 0 atom stereocenters. The Kier molecular flexibility index (Phi) is 10.3. The molecule has 0 radical (unpaired) electrons. The van der Waals surface area contributed by atoms with Crippen LogP contribution in [0.4, 0.5) is 0 Å². The molecule has 1 saturated heterocycles. The summed E-state index contributed by atoms with van der Waals surface area (Å²) in [4.78, 5) is 11.8. The number of nitrogens with one attached hydrogen (secondary N) is 2. The summed E-state index contributed by atoms with van der Waals surface area (Å²) in [6, 6.07) is 0. The predicted octanol–water partition coefficient (Wildman–Crippen LogP) is 3.05. The fourth-order valence-corrected chi connectivity index (χ4v) is 3.61. The Hall–Kier alpha value is -0.450. The third-order valence-electron chi connectivity index (χ3n) is 4.43. The van der Waals surface area contributed by atoms with Gasteiger partial charge < -0.3 is 15.4 Å². The maximum Gasteiger partial charge on any atom is 0.191 e. The van der Waals surface area contributed by atoms with Gasteiger partial charge in [0.05, 0.1) is 25.5 Å². The van der Waals surface area contributed by atoms with Crippen LogP contribution in [0.5, 0.6) is 0 Å². The lowest BCUT2D eigenvalue weighted by molar-refractivity contribution is -0.00834. The van der Waals surface area contributed by atoms with E-state index in [1.165, 1.54) is 0 Å². The lowest BCUT2D eigenvalue weighted by Gasteiger charge is -2.41. The maximum absolute atomic E-state index is 5.46. The second-order valence-electron chi connectivity index (χ2n) is 7.28. The minimum absolute atomic E-state index is 0. The van der Waals surface area contributed by atoms with Gasteiger partial charge in [-0.2, -0.15) is 0 Å². The van der Waals surface area contributed by atoms with Crippen LogP contribution in [0.2, 0.25) is 0 Å². The second-order valence-corrected chi connectivity index (χ2v) is 8.22. The van der Waals surface area contributed by atoms with Crippen molar-refractivity contribution in [2.24, 2.45) is 4.99 Å². The van der Waals surface area contributed by atoms with Crippen molar-refractivity contribution in [1.29, 1.82) is 0 Å². The molecule has 0 aliphatic carbocycles. The van der Waals surface area contributed by atoms with Gasteiger partial charge in [0.1, 0.15) is 5.01 Å². The van der Waals surface area contributed by atoms with Crippen molar-refractivity contribution in [3.05, 3.63) is 16.1 Å². The molecule has 0 bridgehead atoms. The zero-order valence-corrected chi connectivity index (χ0v) is 19.8. The van der Waals surface area contributed by atoms with Gasteiger partial charge in [-0.15, -0.1) is 35.3 Å². The molecular formula is C18H34IN5OS. The summed E-state index contributed by atoms with van der Waals surface area (Å²) in [6.45, 7) is 16.9. The number of halogens is 1. The number of aromatic nitrogens is 1. The van der Waals surface area contributed by atoms with Crippen molar-refractivity contribution < 1.29 is 4.74 Å². The zero-order valence-electron chi connectivity index (χ0n) is 16.7.